The summed E-state index contributed by atoms with van der Waals surface area (Å²) in [6.45, 7) is 4.66. The maximum absolute atomic E-state index is 12.3. The summed E-state index contributed by atoms with van der Waals surface area (Å²) in [6.07, 6.45) is 6.97. The van der Waals surface area contributed by atoms with Gasteiger partial charge in [-0.05, 0) is 50.8 Å². The van der Waals surface area contributed by atoms with E-state index in [1.54, 1.807) is 0 Å². The number of piperidine rings is 1. The molecule has 2 aromatic rings. The molecule has 1 atom stereocenters. The fourth-order valence-corrected chi connectivity index (χ4v) is 4.75. The van der Waals surface area contributed by atoms with Crippen molar-refractivity contribution in [2.45, 2.75) is 58.0 Å². The topological polar surface area (TPSA) is 54.5 Å². The highest BCUT2D eigenvalue weighted by Crippen LogP contribution is 2.30. The van der Waals surface area contributed by atoms with Crippen molar-refractivity contribution in [2.24, 2.45) is 5.92 Å². The molecule has 1 aliphatic carbocycles. The standard InChI is InChI=1S/C23H30ClN3O2/c1-2-29-23(28)17-6-5-11-27(15-17)22-18(14-25-20-7-3-4-8-20)12-16-9-10-19(24)13-21(16)26-22/h9-10,12-13,17,20,25H,2-8,11,14-15H2,1H3/t17-/m0/s1. The van der Waals surface area contributed by atoms with Crippen molar-refractivity contribution < 1.29 is 9.53 Å². The summed E-state index contributed by atoms with van der Waals surface area (Å²) in [6, 6.07) is 8.69. The Morgan fingerprint density at radius 1 is 1.24 bits per heavy atom. The van der Waals surface area contributed by atoms with E-state index in [2.05, 4.69) is 16.3 Å². The minimum absolute atomic E-state index is 0.0869. The van der Waals surface area contributed by atoms with E-state index in [0.717, 1.165) is 42.7 Å². The van der Waals surface area contributed by atoms with Gasteiger partial charge in [-0.3, -0.25) is 4.79 Å². The number of halogens is 1. The third-order valence-electron chi connectivity index (χ3n) is 6.11. The van der Waals surface area contributed by atoms with Crippen molar-refractivity contribution >= 4 is 34.3 Å². The van der Waals surface area contributed by atoms with Gasteiger partial charge in [0.2, 0.25) is 0 Å². The minimum atomic E-state index is -0.0911. The highest BCUT2D eigenvalue weighted by Gasteiger charge is 2.29. The third kappa shape index (κ3) is 4.84. The Morgan fingerprint density at radius 3 is 2.86 bits per heavy atom. The van der Waals surface area contributed by atoms with Crippen LogP contribution in [0.1, 0.15) is 51.0 Å². The summed E-state index contributed by atoms with van der Waals surface area (Å²) < 4.78 is 5.28. The second kappa shape index (κ2) is 9.31. The van der Waals surface area contributed by atoms with E-state index in [0.29, 0.717) is 24.2 Å². The number of hydrogen-bond acceptors (Lipinski definition) is 5. The summed E-state index contributed by atoms with van der Waals surface area (Å²) in [5, 5.41) is 5.51. The number of nitrogens with one attached hydrogen (secondary N) is 1. The molecule has 0 spiro atoms. The van der Waals surface area contributed by atoms with E-state index in [-0.39, 0.29) is 11.9 Å². The van der Waals surface area contributed by atoms with E-state index < -0.39 is 0 Å². The second-order valence-corrected chi connectivity index (χ2v) is 8.64. The summed E-state index contributed by atoms with van der Waals surface area (Å²) in [5.74, 6) is 0.794. The number of anilines is 1. The number of carbonyl (C=O) groups excluding carboxylic acids is 1. The third-order valence-corrected chi connectivity index (χ3v) is 6.35. The lowest BCUT2D eigenvalue weighted by molar-refractivity contribution is -0.148. The van der Waals surface area contributed by atoms with Gasteiger partial charge >= 0.3 is 5.97 Å². The quantitative estimate of drug-likeness (QED) is 0.693. The van der Waals surface area contributed by atoms with Gasteiger partial charge in [0.05, 0.1) is 18.0 Å². The van der Waals surface area contributed by atoms with Crippen molar-refractivity contribution in [1.82, 2.24) is 10.3 Å². The maximum atomic E-state index is 12.3. The summed E-state index contributed by atoms with van der Waals surface area (Å²) in [4.78, 5) is 19.6. The first-order valence-corrected chi connectivity index (χ1v) is 11.3. The van der Waals surface area contributed by atoms with Gasteiger partial charge in [0.25, 0.3) is 0 Å². The predicted molar refractivity (Wildman–Crippen MR) is 117 cm³/mol. The second-order valence-electron chi connectivity index (χ2n) is 8.21. The molecule has 1 aliphatic heterocycles. The Hall–Kier alpha value is -1.85. The number of esters is 1. The van der Waals surface area contributed by atoms with Gasteiger partial charge in [0, 0.05) is 41.6 Å². The summed E-state index contributed by atoms with van der Waals surface area (Å²) in [5.41, 5.74) is 2.09. The first-order chi connectivity index (χ1) is 14.1. The molecule has 0 amide bonds. The van der Waals surface area contributed by atoms with Crippen molar-refractivity contribution in [3.05, 3.63) is 34.9 Å². The lowest BCUT2D eigenvalue weighted by atomic mass is 9.97. The van der Waals surface area contributed by atoms with E-state index >= 15 is 0 Å². The van der Waals surface area contributed by atoms with E-state index in [1.807, 2.05) is 25.1 Å². The Morgan fingerprint density at radius 2 is 2.07 bits per heavy atom. The molecule has 1 aromatic heterocycles. The molecule has 0 unspecified atom stereocenters. The molecule has 156 valence electrons. The van der Waals surface area contributed by atoms with Gasteiger partial charge in [-0.2, -0.15) is 0 Å². The molecule has 1 saturated carbocycles. The van der Waals surface area contributed by atoms with Gasteiger partial charge < -0.3 is 15.0 Å². The van der Waals surface area contributed by atoms with Gasteiger partial charge in [0.1, 0.15) is 5.82 Å². The zero-order valence-electron chi connectivity index (χ0n) is 17.1. The predicted octanol–water partition coefficient (Wildman–Crippen LogP) is 4.70. The number of aromatic nitrogens is 1. The molecule has 6 heteroatoms. The molecular weight excluding hydrogens is 386 g/mol. The van der Waals surface area contributed by atoms with Crippen molar-refractivity contribution in [3.8, 4) is 0 Å². The molecule has 29 heavy (non-hydrogen) atoms. The molecule has 0 radical (unpaired) electrons. The van der Waals surface area contributed by atoms with Crippen molar-refractivity contribution in [1.29, 1.82) is 0 Å². The van der Waals surface area contributed by atoms with Crippen LogP contribution in [-0.4, -0.2) is 36.7 Å². The van der Waals surface area contributed by atoms with E-state index in [1.165, 1.54) is 31.2 Å². The lowest BCUT2D eigenvalue weighted by Crippen LogP contribution is -2.40. The number of pyridine rings is 1. The first kappa shape index (κ1) is 20.4. The van der Waals surface area contributed by atoms with Crippen LogP contribution in [0.4, 0.5) is 5.82 Å². The number of hydrogen-bond donors (Lipinski definition) is 1. The van der Waals surface area contributed by atoms with Gasteiger partial charge in [0.15, 0.2) is 0 Å². The highest BCUT2D eigenvalue weighted by atomic mass is 35.5. The lowest BCUT2D eigenvalue weighted by Gasteiger charge is -2.34. The Bertz CT molecular complexity index is 867. The number of carbonyl (C=O) groups is 1. The molecule has 4 rings (SSSR count). The zero-order chi connectivity index (χ0) is 20.2. The van der Waals surface area contributed by atoms with Crippen LogP contribution in [-0.2, 0) is 16.1 Å². The van der Waals surface area contributed by atoms with E-state index in [9.17, 15) is 4.79 Å². The number of rotatable bonds is 6. The minimum Gasteiger partial charge on any atom is -0.466 e. The summed E-state index contributed by atoms with van der Waals surface area (Å²) >= 11 is 6.22. The van der Waals surface area contributed by atoms with E-state index in [4.69, 9.17) is 21.3 Å². The van der Waals surface area contributed by atoms with Crippen molar-refractivity contribution in [3.63, 3.8) is 0 Å². The summed E-state index contributed by atoms with van der Waals surface area (Å²) in [7, 11) is 0. The maximum Gasteiger partial charge on any atom is 0.310 e. The Labute approximate surface area is 177 Å². The van der Waals surface area contributed by atoms with Gasteiger partial charge in [-0.25, -0.2) is 4.98 Å². The van der Waals surface area contributed by atoms with Crippen LogP contribution in [0.2, 0.25) is 5.02 Å². The zero-order valence-corrected chi connectivity index (χ0v) is 17.9. The number of nitrogens with zero attached hydrogens (tertiary/aromatic N) is 2. The van der Waals surface area contributed by atoms with Crippen LogP contribution in [0.25, 0.3) is 10.9 Å². The molecular formula is C23H30ClN3O2. The van der Waals surface area contributed by atoms with Crippen molar-refractivity contribution in [2.75, 3.05) is 24.6 Å². The number of fused-ring (bicyclic) bond motifs is 1. The average molecular weight is 416 g/mol. The van der Waals surface area contributed by atoms with Crippen LogP contribution < -0.4 is 10.2 Å². The Kier molecular flexibility index (Phi) is 6.56. The van der Waals surface area contributed by atoms with Gasteiger partial charge in [-0.1, -0.05) is 30.5 Å². The largest absolute Gasteiger partial charge is 0.466 e. The fraction of sp³-hybridized carbons (Fsp3) is 0.565. The highest BCUT2D eigenvalue weighted by molar-refractivity contribution is 6.31. The monoisotopic (exact) mass is 415 g/mol. The molecule has 2 aliphatic rings. The Balaban J connectivity index is 1.62. The molecule has 5 nitrogen and oxygen atoms in total. The molecule has 1 N–H and O–H groups in total. The fourth-order valence-electron chi connectivity index (χ4n) is 4.58. The van der Waals surface area contributed by atoms with Crippen LogP contribution in [0.3, 0.4) is 0 Å². The van der Waals surface area contributed by atoms with Crippen LogP contribution >= 0.6 is 11.6 Å². The molecule has 1 saturated heterocycles. The normalized spacial score (nSPS) is 20.3. The van der Waals surface area contributed by atoms with Crippen LogP contribution in [0.5, 0.6) is 0 Å². The molecule has 1 aromatic carbocycles. The molecule has 0 bridgehead atoms. The SMILES string of the molecule is CCOC(=O)[C@H]1CCCN(c2nc3cc(Cl)ccc3cc2CNC2CCCC2)C1. The number of benzene rings is 1. The number of ether oxygens (including phenoxy) is 1. The smallest absolute Gasteiger partial charge is 0.310 e. The molecule has 2 fully saturated rings. The first-order valence-electron chi connectivity index (χ1n) is 10.9. The molecule has 2 heterocycles. The van der Waals surface area contributed by atoms with Gasteiger partial charge in [-0.15, -0.1) is 0 Å². The van der Waals surface area contributed by atoms with Crippen LogP contribution in [0, 0.1) is 5.92 Å². The average Bonchev–Trinajstić information content (AvgIpc) is 3.25. The van der Waals surface area contributed by atoms with Crippen LogP contribution in [0.15, 0.2) is 24.3 Å².